The lowest BCUT2D eigenvalue weighted by Crippen LogP contribution is -2.23. The van der Waals surface area contributed by atoms with Gasteiger partial charge < -0.3 is 4.57 Å². The lowest BCUT2D eigenvalue weighted by molar-refractivity contribution is -0.118. The van der Waals surface area contributed by atoms with Crippen molar-refractivity contribution in [3.8, 4) is 5.69 Å². The molecular weight excluding hydrogens is 321 g/mol. The second-order valence-electron chi connectivity index (χ2n) is 6.28. The van der Waals surface area contributed by atoms with Crippen molar-refractivity contribution in [1.82, 2.24) is 9.99 Å². The zero-order valence-corrected chi connectivity index (χ0v) is 14.3. The Morgan fingerprint density at radius 1 is 1.20 bits per heavy atom. The Morgan fingerprint density at radius 2 is 1.92 bits per heavy atom. The summed E-state index contributed by atoms with van der Waals surface area (Å²) < 4.78 is 15.0. The average molecular weight is 341 g/mol. The summed E-state index contributed by atoms with van der Waals surface area (Å²) in [5.41, 5.74) is 6.19. The number of halogens is 1. The highest BCUT2D eigenvalue weighted by Crippen LogP contribution is 2.21. The summed E-state index contributed by atoms with van der Waals surface area (Å²) >= 11 is 0. The van der Waals surface area contributed by atoms with Crippen molar-refractivity contribution in [3.05, 3.63) is 53.1 Å². The summed E-state index contributed by atoms with van der Waals surface area (Å²) in [7, 11) is 0. The molecule has 1 aromatic carbocycles. The molecule has 1 heterocycles. The van der Waals surface area contributed by atoms with E-state index >= 15 is 0 Å². The van der Waals surface area contributed by atoms with Crippen LogP contribution >= 0.6 is 0 Å². The molecule has 1 aliphatic rings. The first-order valence-corrected chi connectivity index (χ1v) is 8.28. The number of hydrazone groups is 1. The van der Waals surface area contributed by atoms with E-state index in [1.54, 1.807) is 18.2 Å². The molecule has 0 spiro atoms. The number of nitrogens with one attached hydrogen (secondary N) is 1. The molecule has 0 radical (unpaired) electrons. The van der Waals surface area contributed by atoms with Crippen LogP contribution in [0.1, 0.15) is 47.4 Å². The largest absolute Gasteiger partial charge is 0.318 e. The molecule has 0 unspecified atom stereocenters. The first kappa shape index (κ1) is 17.1. The van der Waals surface area contributed by atoms with Crippen LogP contribution in [0.2, 0.25) is 0 Å². The minimum atomic E-state index is -0.313. The fraction of sp³-hybridized carbons (Fsp3) is 0.316. The predicted molar refractivity (Wildman–Crippen MR) is 93.6 cm³/mol. The Morgan fingerprint density at radius 3 is 2.60 bits per heavy atom. The number of nitrogens with zero attached hydrogens (tertiary/aromatic N) is 2. The molecule has 0 aliphatic heterocycles. The normalized spacial score (nSPS) is 16.3. The molecule has 130 valence electrons. The fourth-order valence-corrected chi connectivity index (χ4v) is 3.16. The molecule has 1 aromatic heterocycles. The van der Waals surface area contributed by atoms with Gasteiger partial charge in [0.15, 0.2) is 0 Å². The maximum Gasteiger partial charge on any atom is 0.273 e. The molecule has 0 bridgehead atoms. The zero-order chi connectivity index (χ0) is 18.0. The summed E-state index contributed by atoms with van der Waals surface area (Å²) in [6, 6.07) is 7.90. The number of rotatable bonds is 3. The monoisotopic (exact) mass is 341 g/mol. The number of aryl methyl sites for hydroxylation is 1. The van der Waals surface area contributed by atoms with Crippen LogP contribution < -0.4 is 5.43 Å². The van der Waals surface area contributed by atoms with E-state index in [9.17, 15) is 14.0 Å². The lowest BCUT2D eigenvalue weighted by atomic mass is 9.97. The Balaban J connectivity index is 1.82. The minimum Gasteiger partial charge on any atom is -0.318 e. The zero-order valence-electron chi connectivity index (χ0n) is 14.3. The highest BCUT2D eigenvalue weighted by atomic mass is 19.1. The molecule has 5 nitrogen and oxygen atoms in total. The Kier molecular flexibility index (Phi) is 4.79. The van der Waals surface area contributed by atoms with Gasteiger partial charge >= 0.3 is 0 Å². The number of ketones is 1. The van der Waals surface area contributed by atoms with Gasteiger partial charge in [-0.3, -0.25) is 9.59 Å². The van der Waals surface area contributed by atoms with Gasteiger partial charge in [0.25, 0.3) is 5.91 Å². The maximum atomic E-state index is 13.1. The molecule has 1 aliphatic carbocycles. The first-order valence-electron chi connectivity index (χ1n) is 8.28. The number of benzene rings is 1. The van der Waals surface area contributed by atoms with Gasteiger partial charge in [0.1, 0.15) is 11.6 Å². The van der Waals surface area contributed by atoms with Gasteiger partial charge in [-0.05, 0) is 57.0 Å². The van der Waals surface area contributed by atoms with Gasteiger partial charge in [-0.15, -0.1) is 0 Å². The van der Waals surface area contributed by atoms with E-state index in [1.807, 2.05) is 18.4 Å². The van der Waals surface area contributed by atoms with Crippen LogP contribution in [0.25, 0.3) is 5.69 Å². The quantitative estimate of drug-likeness (QED) is 0.869. The number of carbonyl (C=O) groups excluding carboxylic acids is 2. The topological polar surface area (TPSA) is 63.5 Å². The molecular formula is C19H20FN3O2. The SMILES string of the molecule is Cc1cc(C(=O)N/N=C2/CCCC(=O)C2)c(C)n1-c1ccc(F)cc1. The molecule has 0 saturated heterocycles. The van der Waals surface area contributed by atoms with Gasteiger partial charge in [-0.25, -0.2) is 9.82 Å². The van der Waals surface area contributed by atoms with Crippen molar-refractivity contribution in [2.45, 2.75) is 39.5 Å². The molecule has 25 heavy (non-hydrogen) atoms. The number of Topliss-reactive ketones (excluding diaryl/α,β-unsaturated/α-hetero) is 1. The molecule has 1 amide bonds. The van der Waals surface area contributed by atoms with E-state index in [2.05, 4.69) is 10.5 Å². The van der Waals surface area contributed by atoms with Crippen molar-refractivity contribution in [2.24, 2.45) is 5.10 Å². The summed E-state index contributed by atoms with van der Waals surface area (Å²) in [6.45, 7) is 3.72. The van der Waals surface area contributed by atoms with Crippen molar-refractivity contribution >= 4 is 17.4 Å². The third-order valence-corrected chi connectivity index (χ3v) is 4.40. The average Bonchev–Trinajstić information content (AvgIpc) is 2.88. The van der Waals surface area contributed by atoms with E-state index in [4.69, 9.17) is 0 Å². The van der Waals surface area contributed by atoms with Gasteiger partial charge in [0, 0.05) is 35.6 Å². The molecule has 2 aromatic rings. The van der Waals surface area contributed by atoms with Crippen LogP contribution in [-0.2, 0) is 4.79 Å². The van der Waals surface area contributed by atoms with E-state index < -0.39 is 0 Å². The third-order valence-electron chi connectivity index (χ3n) is 4.40. The molecule has 0 atom stereocenters. The molecule has 1 fully saturated rings. The van der Waals surface area contributed by atoms with E-state index in [0.29, 0.717) is 18.4 Å². The van der Waals surface area contributed by atoms with Crippen LogP contribution in [0.5, 0.6) is 0 Å². The summed E-state index contributed by atoms with van der Waals surface area (Å²) in [5, 5.41) is 4.11. The second-order valence-corrected chi connectivity index (χ2v) is 6.28. The summed E-state index contributed by atoms with van der Waals surface area (Å²) in [4.78, 5) is 23.9. The van der Waals surface area contributed by atoms with Gasteiger partial charge in [-0.2, -0.15) is 5.10 Å². The Labute approximate surface area is 145 Å². The number of hydrogen-bond acceptors (Lipinski definition) is 3. The Hall–Kier alpha value is -2.76. The first-order chi connectivity index (χ1) is 12.0. The Bertz CT molecular complexity index is 850. The highest BCUT2D eigenvalue weighted by molar-refractivity contribution is 6.04. The lowest BCUT2D eigenvalue weighted by Gasteiger charge is -2.12. The smallest absolute Gasteiger partial charge is 0.273 e. The van der Waals surface area contributed by atoms with Crippen LogP contribution in [0.4, 0.5) is 4.39 Å². The molecule has 1 saturated carbocycles. The number of amides is 1. The highest BCUT2D eigenvalue weighted by Gasteiger charge is 2.18. The number of carbonyl (C=O) groups is 2. The fourth-order valence-electron chi connectivity index (χ4n) is 3.16. The number of aromatic nitrogens is 1. The third kappa shape index (κ3) is 3.68. The van der Waals surface area contributed by atoms with Crippen LogP contribution in [0, 0.1) is 19.7 Å². The van der Waals surface area contributed by atoms with Crippen LogP contribution in [-0.4, -0.2) is 22.0 Å². The van der Waals surface area contributed by atoms with Crippen LogP contribution in [0.3, 0.4) is 0 Å². The predicted octanol–water partition coefficient (Wildman–Crippen LogP) is 3.46. The van der Waals surface area contributed by atoms with Gasteiger partial charge in [0.2, 0.25) is 0 Å². The summed E-state index contributed by atoms with van der Waals surface area (Å²) in [5.74, 6) is -0.456. The van der Waals surface area contributed by atoms with Crippen LogP contribution in [0.15, 0.2) is 35.4 Å². The van der Waals surface area contributed by atoms with Gasteiger partial charge in [-0.1, -0.05) is 0 Å². The van der Waals surface area contributed by atoms with E-state index in [1.165, 1.54) is 12.1 Å². The number of hydrogen-bond donors (Lipinski definition) is 1. The van der Waals surface area contributed by atoms with Crippen molar-refractivity contribution in [3.63, 3.8) is 0 Å². The summed E-state index contributed by atoms with van der Waals surface area (Å²) in [6.07, 6.45) is 2.42. The van der Waals surface area contributed by atoms with E-state index in [0.717, 1.165) is 35.6 Å². The molecule has 6 heteroatoms. The standard InChI is InChI=1S/C19H20FN3O2/c1-12-10-18(13(2)23(12)16-8-6-14(20)7-9-16)19(25)22-21-15-4-3-5-17(24)11-15/h6-10H,3-5,11H2,1-2H3,(H,22,25)/b21-15-. The molecule has 1 N–H and O–H groups in total. The van der Waals surface area contributed by atoms with Gasteiger partial charge in [0.05, 0.1) is 5.56 Å². The second kappa shape index (κ2) is 7.01. The van der Waals surface area contributed by atoms with Crippen molar-refractivity contribution < 1.29 is 14.0 Å². The minimum absolute atomic E-state index is 0.161. The molecule has 3 rings (SSSR count). The van der Waals surface area contributed by atoms with Crippen molar-refractivity contribution in [2.75, 3.05) is 0 Å². The maximum absolute atomic E-state index is 13.1. The van der Waals surface area contributed by atoms with Crippen molar-refractivity contribution in [1.29, 1.82) is 0 Å². The van der Waals surface area contributed by atoms with E-state index in [-0.39, 0.29) is 17.5 Å².